The fourth-order valence-corrected chi connectivity index (χ4v) is 6.18. The standard InChI is InChI=1S/C37H40ClFN4O5.CH5N3/c1-24-9-5-13-34(25(24)2)48-18-8-14-35(44)43-17-7-11-29-28(10-6-12-33(29)43)27-21-41-42(22-27)23-30-31(38)19-26(20-32(30)39)37(47)40-16-4-3-15-36(45)46;2-1(3)4/h5-6,9-10,12-13,19-22H,3-4,7-8,11,14-18,23H2,1-2H3,(H,40,47)(H,45,46);(H5,2,3,4). The zero-order valence-electron chi connectivity index (χ0n) is 29.4. The number of carbonyl (C=O) groups excluding carboxylic acids is 2. The van der Waals surface area contributed by atoms with Gasteiger partial charge in [-0.05, 0) is 92.5 Å². The molecule has 1 aliphatic heterocycles. The van der Waals surface area contributed by atoms with Gasteiger partial charge in [-0.25, -0.2) is 4.39 Å². The summed E-state index contributed by atoms with van der Waals surface area (Å²) in [5.41, 5.74) is 15.3. The Labute approximate surface area is 307 Å². The first-order valence-corrected chi connectivity index (χ1v) is 17.4. The average molecular weight is 734 g/mol. The molecule has 12 nitrogen and oxygen atoms in total. The van der Waals surface area contributed by atoms with Crippen LogP contribution in [0.5, 0.6) is 5.75 Å². The quantitative estimate of drug-likeness (QED) is 0.0595. The Morgan fingerprint density at radius 2 is 1.83 bits per heavy atom. The van der Waals surface area contributed by atoms with Crippen molar-refractivity contribution in [3.05, 3.63) is 99.6 Å². The zero-order chi connectivity index (χ0) is 37.8. The first-order valence-electron chi connectivity index (χ1n) is 17.1. The van der Waals surface area contributed by atoms with Gasteiger partial charge in [0.25, 0.3) is 5.91 Å². The van der Waals surface area contributed by atoms with E-state index < -0.39 is 17.7 Å². The maximum Gasteiger partial charge on any atom is 0.303 e. The maximum absolute atomic E-state index is 15.2. The SMILES string of the molecule is Cc1cccc(OCCCC(=O)N2CCCc3c(-c4cnn(Cc5c(F)cc(C(=O)NCCCCC(=O)O)cc5Cl)c4)cccc32)c1C.N=C(N)N. The van der Waals surface area contributed by atoms with Crippen molar-refractivity contribution in [2.24, 2.45) is 11.5 Å². The molecule has 0 fully saturated rings. The van der Waals surface area contributed by atoms with E-state index in [-0.39, 0.29) is 47.5 Å². The van der Waals surface area contributed by atoms with Gasteiger partial charge in [-0.2, -0.15) is 5.10 Å². The molecule has 276 valence electrons. The molecule has 1 aromatic heterocycles. The zero-order valence-corrected chi connectivity index (χ0v) is 30.1. The summed E-state index contributed by atoms with van der Waals surface area (Å²) >= 11 is 6.43. The van der Waals surface area contributed by atoms with E-state index in [9.17, 15) is 14.4 Å². The Morgan fingerprint density at radius 1 is 1.08 bits per heavy atom. The van der Waals surface area contributed by atoms with Crippen LogP contribution in [0.3, 0.4) is 0 Å². The van der Waals surface area contributed by atoms with E-state index in [0.717, 1.165) is 52.6 Å². The van der Waals surface area contributed by atoms with Crippen LogP contribution in [-0.2, 0) is 22.6 Å². The van der Waals surface area contributed by atoms with Gasteiger partial charge in [0.05, 0.1) is 19.3 Å². The lowest BCUT2D eigenvalue weighted by Gasteiger charge is -2.31. The molecular formula is C38H45ClFN7O5. The van der Waals surface area contributed by atoms with Crippen molar-refractivity contribution in [2.45, 2.75) is 65.3 Å². The number of halogens is 2. The van der Waals surface area contributed by atoms with Gasteiger partial charge in [0, 0.05) is 59.5 Å². The van der Waals surface area contributed by atoms with Crippen LogP contribution in [0, 0.1) is 25.1 Å². The van der Waals surface area contributed by atoms with Crippen molar-refractivity contribution < 1.29 is 28.6 Å². The summed E-state index contributed by atoms with van der Waals surface area (Å²) in [6, 6.07) is 14.5. The predicted molar refractivity (Wildman–Crippen MR) is 199 cm³/mol. The van der Waals surface area contributed by atoms with Crippen molar-refractivity contribution in [1.29, 1.82) is 5.41 Å². The van der Waals surface area contributed by atoms with E-state index >= 15 is 4.39 Å². The number of nitrogens with one attached hydrogen (secondary N) is 2. The minimum absolute atomic E-state index is 0.0245. The number of amides is 2. The van der Waals surface area contributed by atoms with Crippen LogP contribution < -0.4 is 26.4 Å². The Hall–Kier alpha value is -5.43. The number of carbonyl (C=O) groups is 3. The lowest BCUT2D eigenvalue weighted by Crippen LogP contribution is -2.35. The summed E-state index contributed by atoms with van der Waals surface area (Å²) in [5, 5.41) is 22.0. The summed E-state index contributed by atoms with van der Waals surface area (Å²) in [6.07, 6.45) is 7.16. The molecule has 7 N–H and O–H groups in total. The molecule has 0 atom stereocenters. The number of guanidine groups is 1. The number of aliphatic carboxylic acids is 1. The Bertz CT molecular complexity index is 1890. The van der Waals surface area contributed by atoms with E-state index in [0.29, 0.717) is 38.8 Å². The molecule has 3 aromatic carbocycles. The van der Waals surface area contributed by atoms with E-state index in [1.165, 1.54) is 11.6 Å². The molecule has 0 spiro atoms. The number of hydrogen-bond donors (Lipinski definition) is 5. The molecule has 0 saturated carbocycles. The van der Waals surface area contributed by atoms with Gasteiger partial charge >= 0.3 is 5.97 Å². The molecule has 0 bridgehead atoms. The van der Waals surface area contributed by atoms with Gasteiger partial charge in [-0.1, -0.05) is 35.9 Å². The lowest BCUT2D eigenvalue weighted by atomic mass is 9.93. The highest BCUT2D eigenvalue weighted by molar-refractivity contribution is 6.31. The third-order valence-electron chi connectivity index (χ3n) is 8.67. The number of nitrogens with zero attached hydrogens (tertiary/aromatic N) is 3. The van der Waals surface area contributed by atoms with Crippen LogP contribution in [0.2, 0.25) is 5.02 Å². The van der Waals surface area contributed by atoms with Gasteiger partial charge < -0.3 is 31.5 Å². The third-order valence-corrected chi connectivity index (χ3v) is 9.01. The molecular weight excluding hydrogens is 689 g/mol. The number of carboxylic acids is 1. The second kappa shape index (κ2) is 18.7. The molecule has 14 heteroatoms. The van der Waals surface area contributed by atoms with Crippen molar-refractivity contribution in [2.75, 3.05) is 24.6 Å². The predicted octanol–water partition coefficient (Wildman–Crippen LogP) is 5.97. The van der Waals surface area contributed by atoms with Crippen LogP contribution >= 0.6 is 11.6 Å². The van der Waals surface area contributed by atoms with E-state index in [2.05, 4.69) is 34.9 Å². The van der Waals surface area contributed by atoms with Gasteiger partial charge in [0.15, 0.2) is 5.96 Å². The Kier molecular flexibility index (Phi) is 14.2. The van der Waals surface area contributed by atoms with Crippen LogP contribution in [0.1, 0.15) is 71.1 Å². The average Bonchev–Trinajstić information content (AvgIpc) is 3.57. The molecule has 4 aromatic rings. The monoisotopic (exact) mass is 733 g/mol. The lowest BCUT2D eigenvalue weighted by molar-refractivity contribution is -0.137. The molecule has 2 amide bonds. The molecule has 0 unspecified atom stereocenters. The van der Waals surface area contributed by atoms with Crippen molar-refractivity contribution in [3.63, 3.8) is 0 Å². The number of unbranched alkanes of at least 4 members (excludes halogenated alkanes) is 1. The van der Waals surface area contributed by atoms with Crippen LogP contribution in [0.25, 0.3) is 11.1 Å². The first kappa shape index (κ1) is 39.4. The van der Waals surface area contributed by atoms with Gasteiger partial charge in [-0.3, -0.25) is 24.5 Å². The van der Waals surface area contributed by atoms with Crippen molar-refractivity contribution >= 4 is 41.0 Å². The minimum atomic E-state index is -0.890. The number of hydrogen-bond acceptors (Lipinski definition) is 6. The fraction of sp³-hybridized carbons (Fsp3) is 0.342. The van der Waals surface area contributed by atoms with Crippen molar-refractivity contribution in [3.8, 4) is 16.9 Å². The number of aromatic nitrogens is 2. The van der Waals surface area contributed by atoms with E-state index in [1.807, 2.05) is 48.4 Å². The van der Waals surface area contributed by atoms with Crippen LogP contribution in [0.15, 0.2) is 60.9 Å². The number of aryl methyl sites for hydroxylation is 1. The summed E-state index contributed by atoms with van der Waals surface area (Å²) in [7, 11) is 0. The molecule has 52 heavy (non-hydrogen) atoms. The minimum Gasteiger partial charge on any atom is -0.493 e. The molecule has 1 aliphatic rings. The number of rotatable bonds is 14. The summed E-state index contributed by atoms with van der Waals surface area (Å²) < 4.78 is 22.7. The smallest absolute Gasteiger partial charge is 0.303 e. The summed E-state index contributed by atoms with van der Waals surface area (Å²) in [6.45, 7) is 5.55. The maximum atomic E-state index is 15.2. The molecule has 2 heterocycles. The number of anilines is 1. The highest BCUT2D eigenvalue weighted by Gasteiger charge is 2.25. The Balaban J connectivity index is 0.00000144. The highest BCUT2D eigenvalue weighted by Crippen LogP contribution is 2.36. The van der Waals surface area contributed by atoms with Crippen LogP contribution in [0.4, 0.5) is 10.1 Å². The van der Waals surface area contributed by atoms with E-state index in [4.69, 9.17) is 26.9 Å². The molecule has 0 aliphatic carbocycles. The molecule has 0 saturated heterocycles. The molecule has 5 rings (SSSR count). The number of benzene rings is 3. The van der Waals surface area contributed by atoms with Crippen LogP contribution in [-0.4, -0.2) is 58.3 Å². The topological polar surface area (TPSA) is 190 Å². The highest BCUT2D eigenvalue weighted by atomic mass is 35.5. The van der Waals surface area contributed by atoms with E-state index in [1.54, 1.807) is 10.9 Å². The summed E-state index contributed by atoms with van der Waals surface area (Å²) in [5.74, 6) is -1.41. The number of fused-ring (bicyclic) bond motifs is 1. The van der Waals surface area contributed by atoms with Crippen molar-refractivity contribution in [1.82, 2.24) is 15.1 Å². The fourth-order valence-electron chi connectivity index (χ4n) is 5.92. The Morgan fingerprint density at radius 3 is 2.56 bits per heavy atom. The van der Waals surface area contributed by atoms with Gasteiger partial charge in [-0.15, -0.1) is 0 Å². The summed E-state index contributed by atoms with van der Waals surface area (Å²) in [4.78, 5) is 38.3. The third kappa shape index (κ3) is 10.8. The largest absolute Gasteiger partial charge is 0.493 e. The van der Waals surface area contributed by atoms with Gasteiger partial charge in [0.1, 0.15) is 11.6 Å². The number of ether oxygens (including phenoxy) is 1. The van der Waals surface area contributed by atoms with Gasteiger partial charge in [0.2, 0.25) is 5.91 Å². The second-order valence-electron chi connectivity index (χ2n) is 12.5. The normalized spacial score (nSPS) is 12.0. The second-order valence-corrected chi connectivity index (χ2v) is 12.9. The number of nitrogens with two attached hydrogens (primary N) is 2. The molecule has 0 radical (unpaired) electrons. The first-order chi connectivity index (χ1) is 24.8. The number of carboxylic acid groups (broad SMARTS) is 1.